The summed E-state index contributed by atoms with van der Waals surface area (Å²) in [5, 5.41) is 5.89. The smallest absolute Gasteiger partial charge is 0.240 e. The summed E-state index contributed by atoms with van der Waals surface area (Å²) in [6, 6.07) is 1.34. The number of carbonyl (C=O) groups excluding carboxylic acids is 1. The summed E-state index contributed by atoms with van der Waals surface area (Å²) in [4.78, 5) is 19.7. The van der Waals surface area contributed by atoms with Crippen LogP contribution in [0, 0.1) is 12.8 Å². The highest BCUT2D eigenvalue weighted by Gasteiger charge is 2.19. The highest BCUT2D eigenvalue weighted by Crippen LogP contribution is 2.13. The van der Waals surface area contributed by atoms with Gasteiger partial charge in [0.25, 0.3) is 0 Å². The van der Waals surface area contributed by atoms with Gasteiger partial charge >= 0.3 is 0 Å². The van der Waals surface area contributed by atoms with E-state index in [1.165, 1.54) is 0 Å². The monoisotopic (exact) mass is 237 g/mol. The zero-order chi connectivity index (χ0) is 13.0. The van der Waals surface area contributed by atoms with Crippen molar-refractivity contribution in [2.24, 2.45) is 11.7 Å². The Kier molecular flexibility index (Phi) is 4.25. The van der Waals surface area contributed by atoms with Crippen LogP contribution < -0.4 is 16.4 Å². The number of anilines is 2. The van der Waals surface area contributed by atoms with Gasteiger partial charge in [0.05, 0.1) is 0 Å². The third-order valence-electron chi connectivity index (χ3n) is 2.35. The third kappa shape index (κ3) is 3.58. The van der Waals surface area contributed by atoms with E-state index in [0.717, 1.165) is 5.69 Å². The van der Waals surface area contributed by atoms with Gasteiger partial charge in [0.15, 0.2) is 0 Å². The summed E-state index contributed by atoms with van der Waals surface area (Å²) >= 11 is 0. The summed E-state index contributed by atoms with van der Waals surface area (Å²) in [7, 11) is 1.74. The number of carbonyl (C=O) groups is 1. The molecule has 0 aliphatic rings. The molecule has 0 aromatic carbocycles. The molecule has 1 heterocycles. The van der Waals surface area contributed by atoms with Gasteiger partial charge in [-0.1, -0.05) is 13.8 Å². The second kappa shape index (κ2) is 5.47. The molecule has 0 bridgehead atoms. The van der Waals surface area contributed by atoms with E-state index in [9.17, 15) is 4.79 Å². The SMILES string of the molecule is CNc1nc(C)cc(NC(C(N)=O)C(C)C)n1. The van der Waals surface area contributed by atoms with Crippen molar-refractivity contribution in [1.29, 1.82) is 0 Å². The molecule has 1 aromatic rings. The first kappa shape index (κ1) is 13.2. The molecule has 1 rings (SSSR count). The lowest BCUT2D eigenvalue weighted by atomic mass is 10.0. The Morgan fingerprint density at radius 1 is 1.41 bits per heavy atom. The summed E-state index contributed by atoms with van der Waals surface area (Å²) < 4.78 is 0. The van der Waals surface area contributed by atoms with Gasteiger partial charge in [0, 0.05) is 18.8 Å². The summed E-state index contributed by atoms with van der Waals surface area (Å²) in [5.41, 5.74) is 6.15. The third-order valence-corrected chi connectivity index (χ3v) is 2.35. The van der Waals surface area contributed by atoms with Crippen LogP contribution in [0.5, 0.6) is 0 Å². The van der Waals surface area contributed by atoms with Gasteiger partial charge in [0.1, 0.15) is 11.9 Å². The van der Waals surface area contributed by atoms with Crippen LogP contribution in [0.15, 0.2) is 6.07 Å². The normalized spacial score (nSPS) is 12.3. The molecule has 6 nitrogen and oxygen atoms in total. The Bertz CT molecular complexity index is 405. The zero-order valence-corrected chi connectivity index (χ0v) is 10.6. The second-order valence-corrected chi connectivity index (χ2v) is 4.24. The number of aromatic nitrogens is 2. The highest BCUT2D eigenvalue weighted by atomic mass is 16.1. The minimum atomic E-state index is -0.436. The van der Waals surface area contributed by atoms with Crippen molar-refractivity contribution in [3.63, 3.8) is 0 Å². The lowest BCUT2D eigenvalue weighted by molar-refractivity contribution is -0.119. The predicted molar refractivity (Wildman–Crippen MR) is 67.8 cm³/mol. The molecule has 0 saturated heterocycles. The molecule has 0 aliphatic carbocycles. The average molecular weight is 237 g/mol. The number of nitrogens with zero attached hydrogens (tertiary/aromatic N) is 2. The lowest BCUT2D eigenvalue weighted by Gasteiger charge is -2.19. The van der Waals surface area contributed by atoms with E-state index in [2.05, 4.69) is 20.6 Å². The zero-order valence-electron chi connectivity index (χ0n) is 10.6. The molecule has 1 unspecified atom stereocenters. The minimum Gasteiger partial charge on any atom is -0.368 e. The van der Waals surface area contributed by atoms with Crippen molar-refractivity contribution in [2.45, 2.75) is 26.8 Å². The topological polar surface area (TPSA) is 92.9 Å². The van der Waals surface area contributed by atoms with Crippen LogP contribution in [0.3, 0.4) is 0 Å². The maximum Gasteiger partial charge on any atom is 0.240 e. The van der Waals surface area contributed by atoms with Gasteiger partial charge in [-0.05, 0) is 12.8 Å². The fourth-order valence-corrected chi connectivity index (χ4v) is 1.48. The number of hydrogen-bond acceptors (Lipinski definition) is 5. The fourth-order valence-electron chi connectivity index (χ4n) is 1.48. The molecular weight excluding hydrogens is 218 g/mol. The van der Waals surface area contributed by atoms with Crippen molar-refractivity contribution in [1.82, 2.24) is 9.97 Å². The van der Waals surface area contributed by atoms with Gasteiger partial charge in [-0.25, -0.2) is 4.98 Å². The second-order valence-electron chi connectivity index (χ2n) is 4.24. The van der Waals surface area contributed by atoms with Crippen molar-refractivity contribution < 1.29 is 4.79 Å². The molecular formula is C11H19N5O. The lowest BCUT2D eigenvalue weighted by Crippen LogP contribution is -2.39. The Morgan fingerprint density at radius 2 is 2.06 bits per heavy atom. The van der Waals surface area contributed by atoms with Gasteiger partial charge in [0.2, 0.25) is 11.9 Å². The van der Waals surface area contributed by atoms with E-state index in [1.54, 1.807) is 13.1 Å². The highest BCUT2D eigenvalue weighted by molar-refractivity contribution is 5.83. The van der Waals surface area contributed by atoms with Gasteiger partial charge in [-0.2, -0.15) is 4.98 Å². The molecule has 0 radical (unpaired) electrons. The number of rotatable bonds is 5. The van der Waals surface area contributed by atoms with E-state index in [-0.39, 0.29) is 11.8 Å². The van der Waals surface area contributed by atoms with Gasteiger partial charge < -0.3 is 16.4 Å². The van der Waals surface area contributed by atoms with Crippen molar-refractivity contribution >= 4 is 17.7 Å². The maximum atomic E-state index is 11.3. The van der Waals surface area contributed by atoms with E-state index in [4.69, 9.17) is 5.73 Å². The standard InChI is InChI=1S/C11H19N5O/c1-6(2)9(10(12)17)15-8-5-7(3)14-11(13-4)16-8/h5-6,9H,1-4H3,(H2,12,17)(H2,13,14,15,16). The van der Waals surface area contributed by atoms with Crippen molar-refractivity contribution in [3.05, 3.63) is 11.8 Å². The summed E-state index contributed by atoms with van der Waals surface area (Å²) in [6.45, 7) is 5.72. The van der Waals surface area contributed by atoms with Crippen LogP contribution in [-0.2, 0) is 4.79 Å². The summed E-state index contributed by atoms with van der Waals surface area (Å²) in [6.07, 6.45) is 0. The maximum absolute atomic E-state index is 11.3. The van der Waals surface area contributed by atoms with Crippen molar-refractivity contribution in [2.75, 3.05) is 17.7 Å². The van der Waals surface area contributed by atoms with Crippen LogP contribution in [0.1, 0.15) is 19.5 Å². The molecule has 0 aliphatic heterocycles. The first-order valence-electron chi connectivity index (χ1n) is 5.53. The molecule has 4 N–H and O–H groups in total. The van der Waals surface area contributed by atoms with E-state index < -0.39 is 6.04 Å². The molecule has 0 saturated carbocycles. The van der Waals surface area contributed by atoms with Crippen LogP contribution in [0.4, 0.5) is 11.8 Å². The first-order chi connectivity index (χ1) is 7.93. The number of amides is 1. The molecule has 6 heteroatoms. The number of primary amides is 1. The largest absolute Gasteiger partial charge is 0.368 e. The van der Waals surface area contributed by atoms with Crippen LogP contribution in [0.25, 0.3) is 0 Å². The van der Waals surface area contributed by atoms with Crippen LogP contribution in [-0.4, -0.2) is 29.0 Å². The van der Waals surface area contributed by atoms with Gasteiger partial charge in [-0.15, -0.1) is 0 Å². The van der Waals surface area contributed by atoms with E-state index in [1.807, 2.05) is 20.8 Å². The van der Waals surface area contributed by atoms with Crippen LogP contribution in [0.2, 0.25) is 0 Å². The fraction of sp³-hybridized carbons (Fsp3) is 0.545. The van der Waals surface area contributed by atoms with Gasteiger partial charge in [-0.3, -0.25) is 4.79 Å². The number of aryl methyl sites for hydroxylation is 1. The first-order valence-corrected chi connectivity index (χ1v) is 5.53. The van der Waals surface area contributed by atoms with E-state index >= 15 is 0 Å². The molecule has 1 atom stereocenters. The molecule has 1 aromatic heterocycles. The Morgan fingerprint density at radius 3 is 2.53 bits per heavy atom. The Labute approximate surface area is 101 Å². The molecule has 1 amide bonds. The summed E-state index contributed by atoms with van der Waals surface area (Å²) in [5.74, 6) is 0.821. The Hall–Kier alpha value is -1.85. The number of hydrogen-bond donors (Lipinski definition) is 3. The predicted octanol–water partition coefficient (Wildman–Crippen LogP) is 0.749. The number of nitrogens with two attached hydrogens (primary N) is 1. The molecule has 17 heavy (non-hydrogen) atoms. The molecule has 0 fully saturated rings. The molecule has 94 valence electrons. The van der Waals surface area contributed by atoms with E-state index in [0.29, 0.717) is 11.8 Å². The van der Waals surface area contributed by atoms with Crippen LogP contribution >= 0.6 is 0 Å². The van der Waals surface area contributed by atoms with Crippen molar-refractivity contribution in [3.8, 4) is 0 Å². The minimum absolute atomic E-state index is 0.0980. The molecule has 0 spiro atoms. The average Bonchev–Trinajstić information content (AvgIpc) is 2.24. The Balaban J connectivity index is 2.93. The quantitative estimate of drug-likeness (QED) is 0.702. The number of nitrogens with one attached hydrogen (secondary N) is 2.